The second-order valence-corrected chi connectivity index (χ2v) is 9.40. The third-order valence-corrected chi connectivity index (χ3v) is 6.89. The predicted octanol–water partition coefficient (Wildman–Crippen LogP) is 3.04. The molecule has 10 nitrogen and oxygen atoms in total. The van der Waals surface area contributed by atoms with E-state index >= 15 is 0 Å². The normalized spacial score (nSPS) is 17.7. The number of nitrogen functional groups attached to an aromatic ring is 1. The summed E-state index contributed by atoms with van der Waals surface area (Å²) in [6.07, 6.45) is 11.4. The minimum Gasteiger partial charge on any atom is -0.382 e. The van der Waals surface area contributed by atoms with Crippen LogP contribution < -0.4 is 16.4 Å². The molecule has 5 heterocycles. The number of pyridine rings is 1. The molecule has 0 amide bonds. The van der Waals surface area contributed by atoms with Crippen LogP contribution in [-0.2, 0) is 12.1 Å². The average Bonchev–Trinajstić information content (AvgIpc) is 3.35. The van der Waals surface area contributed by atoms with Crippen molar-refractivity contribution in [1.29, 1.82) is 0 Å². The molecule has 38 heavy (non-hydrogen) atoms. The molecule has 192 valence electrons. The molecule has 0 spiro atoms. The molecule has 1 unspecified atom stereocenters. The number of anilines is 2. The molecule has 0 aliphatic carbocycles. The van der Waals surface area contributed by atoms with Gasteiger partial charge >= 0.3 is 0 Å². The van der Waals surface area contributed by atoms with Gasteiger partial charge in [0.05, 0.1) is 47.9 Å². The Labute approximate surface area is 216 Å². The molecule has 4 N–H and O–H groups in total. The maximum atomic E-state index is 14.0. The SMILES string of the molecule is Nc1ncnc2c1ncn2Cc1cc(-c2ccc(F)c(F)c2)ncc1N1CCCC(N)(c2cnccn2)C1. The van der Waals surface area contributed by atoms with Crippen molar-refractivity contribution in [3.63, 3.8) is 0 Å². The van der Waals surface area contributed by atoms with Crippen LogP contribution in [0.25, 0.3) is 22.4 Å². The largest absolute Gasteiger partial charge is 0.382 e. The molecule has 1 aliphatic heterocycles. The molecule has 0 saturated carbocycles. The Morgan fingerprint density at radius 3 is 2.68 bits per heavy atom. The quantitative estimate of drug-likeness (QED) is 0.362. The highest BCUT2D eigenvalue weighted by atomic mass is 19.2. The maximum Gasteiger partial charge on any atom is 0.165 e. The first kappa shape index (κ1) is 23.8. The number of piperidine rings is 1. The molecule has 1 saturated heterocycles. The van der Waals surface area contributed by atoms with E-state index in [1.54, 1.807) is 31.1 Å². The lowest BCUT2D eigenvalue weighted by atomic mass is 9.86. The van der Waals surface area contributed by atoms with Crippen LogP contribution in [0.5, 0.6) is 0 Å². The van der Waals surface area contributed by atoms with Crippen LogP contribution in [0.3, 0.4) is 0 Å². The number of nitrogens with zero attached hydrogens (tertiary/aromatic N) is 8. The zero-order chi connectivity index (χ0) is 26.3. The van der Waals surface area contributed by atoms with E-state index in [2.05, 4.69) is 34.8 Å². The second-order valence-electron chi connectivity index (χ2n) is 9.40. The van der Waals surface area contributed by atoms with Crippen molar-refractivity contribution >= 4 is 22.7 Å². The Bertz CT molecular complexity index is 1620. The Balaban J connectivity index is 1.43. The maximum absolute atomic E-state index is 14.0. The van der Waals surface area contributed by atoms with Gasteiger partial charge in [-0.25, -0.2) is 23.7 Å². The minimum atomic E-state index is -0.935. The molecule has 5 aromatic rings. The number of hydrogen-bond donors (Lipinski definition) is 2. The monoisotopic (exact) mass is 514 g/mol. The summed E-state index contributed by atoms with van der Waals surface area (Å²) in [4.78, 5) is 28.2. The van der Waals surface area contributed by atoms with Gasteiger partial charge in [0, 0.05) is 31.0 Å². The van der Waals surface area contributed by atoms with Crippen molar-refractivity contribution in [1.82, 2.24) is 34.5 Å². The van der Waals surface area contributed by atoms with Gasteiger partial charge in [-0.1, -0.05) is 0 Å². The Kier molecular flexibility index (Phi) is 5.87. The average molecular weight is 515 g/mol. The van der Waals surface area contributed by atoms with Gasteiger partial charge in [0.1, 0.15) is 11.8 Å². The molecule has 1 aliphatic rings. The molecule has 4 aromatic heterocycles. The fourth-order valence-electron chi connectivity index (χ4n) is 4.97. The summed E-state index contributed by atoms with van der Waals surface area (Å²) in [5.41, 5.74) is 16.7. The predicted molar refractivity (Wildman–Crippen MR) is 138 cm³/mol. The van der Waals surface area contributed by atoms with Crippen LogP contribution in [-0.4, -0.2) is 47.6 Å². The van der Waals surface area contributed by atoms with E-state index in [1.165, 1.54) is 12.4 Å². The van der Waals surface area contributed by atoms with E-state index in [9.17, 15) is 8.78 Å². The van der Waals surface area contributed by atoms with Gasteiger partial charge in [0.2, 0.25) is 0 Å². The van der Waals surface area contributed by atoms with Crippen molar-refractivity contribution in [2.75, 3.05) is 23.7 Å². The number of halogens is 2. The fraction of sp³-hybridized carbons (Fsp3) is 0.231. The lowest BCUT2D eigenvalue weighted by Gasteiger charge is -2.41. The standard InChI is InChI=1S/C26H24F2N10/c27-18-3-2-16(8-19(18)28)20-9-17(12-38-15-36-23-24(29)34-14-35-25(23)38)21(10-33-20)37-7-1-4-26(30,13-37)22-11-31-5-6-32-22/h2-3,5-6,8-11,14-15H,1,4,7,12-13,30H2,(H2,29,34,35). The van der Waals surface area contributed by atoms with Crippen molar-refractivity contribution in [3.05, 3.63) is 84.6 Å². The van der Waals surface area contributed by atoms with E-state index in [0.717, 1.165) is 48.5 Å². The summed E-state index contributed by atoms with van der Waals surface area (Å²) in [5, 5.41) is 0. The van der Waals surface area contributed by atoms with E-state index in [1.807, 2.05) is 10.6 Å². The first-order valence-corrected chi connectivity index (χ1v) is 12.1. The van der Waals surface area contributed by atoms with Gasteiger partial charge in [0.25, 0.3) is 0 Å². The van der Waals surface area contributed by atoms with Crippen molar-refractivity contribution in [3.8, 4) is 11.3 Å². The van der Waals surface area contributed by atoms with Crippen LogP contribution in [0.2, 0.25) is 0 Å². The fourth-order valence-corrected chi connectivity index (χ4v) is 4.97. The zero-order valence-electron chi connectivity index (χ0n) is 20.3. The lowest BCUT2D eigenvalue weighted by molar-refractivity contribution is 0.344. The Morgan fingerprint density at radius 1 is 0.974 bits per heavy atom. The minimum absolute atomic E-state index is 0.291. The van der Waals surface area contributed by atoms with Crippen LogP contribution in [0.4, 0.5) is 20.3 Å². The molecule has 0 radical (unpaired) electrons. The number of aromatic nitrogens is 7. The zero-order valence-corrected chi connectivity index (χ0v) is 20.3. The van der Waals surface area contributed by atoms with Crippen LogP contribution in [0, 0.1) is 11.6 Å². The number of hydrogen-bond acceptors (Lipinski definition) is 9. The smallest absolute Gasteiger partial charge is 0.165 e. The molecule has 12 heteroatoms. The summed E-state index contributed by atoms with van der Waals surface area (Å²) < 4.78 is 29.5. The number of imidazole rings is 1. The number of rotatable bonds is 5. The van der Waals surface area contributed by atoms with Crippen molar-refractivity contribution < 1.29 is 8.78 Å². The lowest BCUT2D eigenvalue weighted by Crippen LogP contribution is -2.52. The summed E-state index contributed by atoms with van der Waals surface area (Å²) in [7, 11) is 0. The molecule has 6 rings (SSSR count). The summed E-state index contributed by atoms with van der Waals surface area (Å²) in [6.45, 7) is 1.64. The van der Waals surface area contributed by atoms with E-state index in [-0.39, 0.29) is 0 Å². The van der Waals surface area contributed by atoms with E-state index in [0.29, 0.717) is 41.3 Å². The van der Waals surface area contributed by atoms with Gasteiger partial charge in [-0.2, -0.15) is 0 Å². The topological polar surface area (TPSA) is 138 Å². The molecule has 1 atom stereocenters. The molecule has 0 bridgehead atoms. The van der Waals surface area contributed by atoms with E-state index < -0.39 is 17.2 Å². The van der Waals surface area contributed by atoms with Crippen LogP contribution in [0.15, 0.2) is 61.7 Å². The van der Waals surface area contributed by atoms with E-state index in [4.69, 9.17) is 11.5 Å². The molecule has 1 aromatic carbocycles. The molecular formula is C26H24F2N10. The highest BCUT2D eigenvalue weighted by Gasteiger charge is 2.35. The van der Waals surface area contributed by atoms with Gasteiger partial charge in [0.15, 0.2) is 23.1 Å². The summed E-state index contributed by atoms with van der Waals surface area (Å²) >= 11 is 0. The van der Waals surface area contributed by atoms with Crippen LogP contribution >= 0.6 is 0 Å². The second kappa shape index (κ2) is 9.38. The Morgan fingerprint density at radius 2 is 1.87 bits per heavy atom. The third kappa shape index (κ3) is 4.28. The number of fused-ring (bicyclic) bond motifs is 1. The highest BCUT2D eigenvalue weighted by Crippen LogP contribution is 2.34. The first-order chi connectivity index (χ1) is 18.4. The number of benzene rings is 1. The highest BCUT2D eigenvalue weighted by molar-refractivity contribution is 5.81. The van der Waals surface area contributed by atoms with Gasteiger partial charge in [-0.3, -0.25) is 15.0 Å². The van der Waals surface area contributed by atoms with Crippen molar-refractivity contribution in [2.24, 2.45) is 5.73 Å². The summed E-state index contributed by atoms with van der Waals surface area (Å²) in [6, 6.07) is 5.61. The number of nitrogens with two attached hydrogens (primary N) is 2. The van der Waals surface area contributed by atoms with Crippen LogP contribution in [0.1, 0.15) is 24.1 Å². The van der Waals surface area contributed by atoms with Crippen molar-refractivity contribution in [2.45, 2.75) is 24.9 Å². The Hall–Kier alpha value is -4.58. The third-order valence-electron chi connectivity index (χ3n) is 6.89. The van der Waals surface area contributed by atoms with Gasteiger partial charge < -0.3 is 20.9 Å². The summed E-state index contributed by atoms with van der Waals surface area (Å²) in [5.74, 6) is -1.56. The first-order valence-electron chi connectivity index (χ1n) is 12.1. The van der Waals surface area contributed by atoms with Gasteiger partial charge in [-0.05, 0) is 42.7 Å². The molecular weight excluding hydrogens is 490 g/mol. The molecule has 1 fully saturated rings. The van der Waals surface area contributed by atoms with Gasteiger partial charge in [-0.15, -0.1) is 0 Å².